The van der Waals surface area contributed by atoms with Crippen LogP contribution in [0.4, 0.5) is 17.5 Å². The van der Waals surface area contributed by atoms with Crippen LogP contribution in [0.2, 0.25) is 5.02 Å². The van der Waals surface area contributed by atoms with Crippen LogP contribution in [-0.2, 0) is 0 Å². The summed E-state index contributed by atoms with van der Waals surface area (Å²) < 4.78 is 0. The van der Waals surface area contributed by atoms with Crippen LogP contribution in [0.25, 0.3) is 11.3 Å². The number of pyridine rings is 1. The van der Waals surface area contributed by atoms with Gasteiger partial charge in [-0.05, 0) is 42.8 Å². The molecule has 6 heteroatoms. The maximum atomic E-state index is 6.07. The van der Waals surface area contributed by atoms with E-state index in [4.69, 9.17) is 11.6 Å². The lowest BCUT2D eigenvalue weighted by molar-refractivity contribution is 1.15. The molecule has 0 fully saturated rings. The van der Waals surface area contributed by atoms with E-state index in [2.05, 4.69) is 25.6 Å². The summed E-state index contributed by atoms with van der Waals surface area (Å²) in [5.41, 5.74) is 3.66. The van der Waals surface area contributed by atoms with E-state index in [1.807, 2.05) is 43.3 Å². The Morgan fingerprint density at radius 2 is 1.96 bits per heavy atom. The fourth-order valence-corrected chi connectivity index (χ4v) is 2.27. The Bertz CT molecular complexity index is 820. The molecule has 0 saturated heterocycles. The van der Waals surface area contributed by atoms with E-state index >= 15 is 0 Å². The molecule has 0 aliphatic heterocycles. The molecule has 0 aliphatic rings. The monoisotopic (exact) mass is 325 g/mol. The molecule has 23 heavy (non-hydrogen) atoms. The van der Waals surface area contributed by atoms with Crippen molar-refractivity contribution in [2.75, 3.05) is 17.7 Å². The molecule has 1 aromatic carbocycles. The third-order valence-electron chi connectivity index (χ3n) is 3.34. The maximum absolute atomic E-state index is 6.07. The van der Waals surface area contributed by atoms with Gasteiger partial charge in [-0.15, -0.1) is 0 Å². The average molecular weight is 326 g/mol. The first-order valence-corrected chi connectivity index (χ1v) is 7.54. The van der Waals surface area contributed by atoms with Gasteiger partial charge in [0.25, 0.3) is 0 Å². The molecular weight excluding hydrogens is 310 g/mol. The van der Waals surface area contributed by atoms with E-state index in [1.165, 1.54) is 0 Å². The molecule has 0 radical (unpaired) electrons. The molecular formula is C17H16ClN5. The van der Waals surface area contributed by atoms with Crippen molar-refractivity contribution in [3.05, 3.63) is 59.4 Å². The zero-order chi connectivity index (χ0) is 16.2. The number of nitrogens with one attached hydrogen (secondary N) is 2. The second-order valence-corrected chi connectivity index (χ2v) is 5.45. The van der Waals surface area contributed by atoms with Crippen molar-refractivity contribution in [1.29, 1.82) is 0 Å². The number of aromatic nitrogens is 3. The number of aryl methyl sites for hydroxylation is 1. The van der Waals surface area contributed by atoms with Crippen molar-refractivity contribution in [3.8, 4) is 11.3 Å². The predicted octanol–water partition coefficient (Wildman–Crippen LogP) is 4.29. The topological polar surface area (TPSA) is 62.7 Å². The Morgan fingerprint density at radius 3 is 2.65 bits per heavy atom. The van der Waals surface area contributed by atoms with Crippen molar-refractivity contribution in [1.82, 2.24) is 15.0 Å². The lowest BCUT2D eigenvalue weighted by atomic mass is 10.2. The van der Waals surface area contributed by atoms with Gasteiger partial charge in [0, 0.05) is 41.8 Å². The highest BCUT2D eigenvalue weighted by Gasteiger charge is 2.07. The van der Waals surface area contributed by atoms with E-state index in [0.717, 1.165) is 27.5 Å². The molecule has 0 saturated carbocycles. The molecule has 2 aromatic heterocycles. The van der Waals surface area contributed by atoms with Gasteiger partial charge >= 0.3 is 0 Å². The fraction of sp³-hybridized carbons (Fsp3) is 0.118. The number of rotatable bonds is 4. The Morgan fingerprint density at radius 1 is 1.09 bits per heavy atom. The van der Waals surface area contributed by atoms with Crippen molar-refractivity contribution in [2.45, 2.75) is 6.92 Å². The summed E-state index contributed by atoms with van der Waals surface area (Å²) in [6.07, 6.45) is 3.51. The van der Waals surface area contributed by atoms with Gasteiger partial charge in [-0.1, -0.05) is 11.6 Å². The van der Waals surface area contributed by atoms with E-state index in [9.17, 15) is 0 Å². The molecule has 3 rings (SSSR count). The van der Waals surface area contributed by atoms with Gasteiger partial charge in [0.1, 0.15) is 5.82 Å². The molecule has 5 nitrogen and oxygen atoms in total. The number of anilines is 3. The SMILES string of the molecule is CNc1nc(Nc2ccc(Cl)c(C)c2)cc(-c2cccnc2)n1. The van der Waals surface area contributed by atoms with Gasteiger partial charge in [0.05, 0.1) is 5.69 Å². The zero-order valence-electron chi connectivity index (χ0n) is 12.8. The van der Waals surface area contributed by atoms with E-state index < -0.39 is 0 Å². The van der Waals surface area contributed by atoms with E-state index in [1.54, 1.807) is 19.4 Å². The third kappa shape index (κ3) is 3.57. The molecule has 0 bridgehead atoms. The molecule has 116 valence electrons. The predicted molar refractivity (Wildman–Crippen MR) is 94.3 cm³/mol. The number of halogens is 1. The van der Waals surface area contributed by atoms with Crippen molar-refractivity contribution < 1.29 is 0 Å². The van der Waals surface area contributed by atoms with Crippen LogP contribution in [0.3, 0.4) is 0 Å². The van der Waals surface area contributed by atoms with Crippen LogP contribution in [0, 0.1) is 6.92 Å². The lowest BCUT2D eigenvalue weighted by Crippen LogP contribution is -2.02. The molecule has 0 aliphatic carbocycles. The summed E-state index contributed by atoms with van der Waals surface area (Å²) in [6.45, 7) is 1.97. The summed E-state index contributed by atoms with van der Waals surface area (Å²) in [4.78, 5) is 13.0. The quantitative estimate of drug-likeness (QED) is 0.749. The van der Waals surface area contributed by atoms with Gasteiger partial charge in [0.2, 0.25) is 5.95 Å². The van der Waals surface area contributed by atoms with Crippen LogP contribution in [0.15, 0.2) is 48.8 Å². The first-order valence-electron chi connectivity index (χ1n) is 7.16. The van der Waals surface area contributed by atoms with Crippen LogP contribution in [0.1, 0.15) is 5.56 Å². The van der Waals surface area contributed by atoms with E-state index in [-0.39, 0.29) is 0 Å². The molecule has 2 N–H and O–H groups in total. The molecule has 2 heterocycles. The Balaban J connectivity index is 1.97. The van der Waals surface area contributed by atoms with Crippen LogP contribution >= 0.6 is 11.6 Å². The normalized spacial score (nSPS) is 10.4. The van der Waals surface area contributed by atoms with Gasteiger partial charge < -0.3 is 10.6 Å². The molecule has 0 unspecified atom stereocenters. The molecule has 0 atom stereocenters. The number of nitrogens with zero attached hydrogens (tertiary/aromatic N) is 3. The first-order chi connectivity index (χ1) is 11.2. The standard InChI is InChI=1S/C17H16ClN5/c1-11-8-13(5-6-14(11)18)21-16-9-15(22-17(19-2)23-16)12-4-3-7-20-10-12/h3-10H,1-2H3,(H2,19,21,22,23). The number of hydrogen-bond acceptors (Lipinski definition) is 5. The minimum atomic E-state index is 0.541. The van der Waals surface area contributed by atoms with Crippen LogP contribution in [0.5, 0.6) is 0 Å². The zero-order valence-corrected chi connectivity index (χ0v) is 13.6. The Labute approximate surface area is 139 Å². The van der Waals surface area contributed by atoms with Gasteiger partial charge in [-0.25, -0.2) is 4.98 Å². The highest BCUT2D eigenvalue weighted by Crippen LogP contribution is 2.25. The van der Waals surface area contributed by atoms with Crippen LogP contribution in [-0.4, -0.2) is 22.0 Å². The van der Waals surface area contributed by atoms with Crippen molar-refractivity contribution >= 4 is 29.1 Å². The second-order valence-electron chi connectivity index (χ2n) is 5.04. The fourth-order valence-electron chi connectivity index (χ4n) is 2.16. The Kier molecular flexibility index (Phi) is 4.39. The first kappa shape index (κ1) is 15.2. The third-order valence-corrected chi connectivity index (χ3v) is 3.76. The second kappa shape index (κ2) is 6.62. The van der Waals surface area contributed by atoms with Gasteiger partial charge in [-0.3, -0.25) is 4.98 Å². The maximum Gasteiger partial charge on any atom is 0.224 e. The van der Waals surface area contributed by atoms with Crippen molar-refractivity contribution in [2.24, 2.45) is 0 Å². The van der Waals surface area contributed by atoms with Gasteiger partial charge in [0.15, 0.2) is 0 Å². The molecule has 0 spiro atoms. The van der Waals surface area contributed by atoms with Crippen molar-refractivity contribution in [3.63, 3.8) is 0 Å². The van der Waals surface area contributed by atoms with E-state index in [0.29, 0.717) is 11.8 Å². The smallest absolute Gasteiger partial charge is 0.224 e. The van der Waals surface area contributed by atoms with Crippen LogP contribution < -0.4 is 10.6 Å². The lowest BCUT2D eigenvalue weighted by Gasteiger charge is -2.11. The summed E-state index contributed by atoms with van der Waals surface area (Å²) in [5, 5.41) is 7.01. The minimum Gasteiger partial charge on any atom is -0.357 e. The average Bonchev–Trinajstić information content (AvgIpc) is 2.58. The molecule has 0 amide bonds. The highest BCUT2D eigenvalue weighted by atomic mass is 35.5. The Hall–Kier alpha value is -2.66. The summed E-state index contributed by atoms with van der Waals surface area (Å²) in [6, 6.07) is 11.5. The van der Waals surface area contributed by atoms with Gasteiger partial charge in [-0.2, -0.15) is 4.98 Å². The summed E-state index contributed by atoms with van der Waals surface area (Å²) in [5.74, 6) is 1.24. The number of hydrogen-bond donors (Lipinski definition) is 2. The summed E-state index contributed by atoms with van der Waals surface area (Å²) >= 11 is 6.07. The largest absolute Gasteiger partial charge is 0.357 e. The summed E-state index contributed by atoms with van der Waals surface area (Å²) in [7, 11) is 1.79. The minimum absolute atomic E-state index is 0.541. The number of benzene rings is 1. The highest BCUT2D eigenvalue weighted by molar-refractivity contribution is 6.31. The molecule has 3 aromatic rings.